The third-order valence-corrected chi connectivity index (χ3v) is 5.69. The summed E-state index contributed by atoms with van der Waals surface area (Å²) in [6.07, 6.45) is 3.82. The molecule has 6 heteroatoms. The molecule has 30 heavy (non-hydrogen) atoms. The maximum Gasteiger partial charge on any atom is 0.222 e. The number of para-hydroxylation sites is 1. The van der Waals surface area contributed by atoms with Crippen molar-refractivity contribution in [1.29, 1.82) is 0 Å². The number of nitrogens with zero attached hydrogens (tertiary/aromatic N) is 3. The van der Waals surface area contributed by atoms with Crippen molar-refractivity contribution in [2.24, 2.45) is 0 Å². The largest absolute Gasteiger partial charge is 0.495 e. The van der Waals surface area contributed by atoms with Crippen molar-refractivity contribution in [1.82, 2.24) is 9.88 Å². The Morgan fingerprint density at radius 1 is 1.10 bits per heavy atom. The number of fused-ring (bicyclic) bond motifs is 1. The molecule has 2 aromatic carbocycles. The lowest BCUT2D eigenvalue weighted by atomic mass is 10.0. The highest BCUT2D eigenvalue weighted by Crippen LogP contribution is 2.24. The van der Waals surface area contributed by atoms with Gasteiger partial charge in [0.25, 0.3) is 0 Å². The SMILES string of the molecule is COc1cnc2cccc(CCCC(=O)N3CCN(c4ccccc4F)CC3)c2c1. The molecule has 0 spiro atoms. The van der Waals surface area contributed by atoms with E-state index in [9.17, 15) is 9.18 Å². The van der Waals surface area contributed by atoms with E-state index in [0.29, 0.717) is 38.3 Å². The number of hydrogen-bond donors (Lipinski definition) is 0. The fourth-order valence-corrected chi connectivity index (χ4v) is 4.01. The average molecular weight is 407 g/mol. The first-order chi connectivity index (χ1) is 14.7. The second-order valence-corrected chi connectivity index (χ2v) is 7.53. The number of rotatable bonds is 6. The molecule has 0 unspecified atom stereocenters. The molecule has 156 valence electrons. The topological polar surface area (TPSA) is 45.7 Å². The molecule has 0 radical (unpaired) electrons. The minimum absolute atomic E-state index is 0.166. The number of carbonyl (C=O) groups is 1. The zero-order valence-electron chi connectivity index (χ0n) is 17.2. The van der Waals surface area contributed by atoms with Gasteiger partial charge in [0.15, 0.2) is 0 Å². The third-order valence-electron chi connectivity index (χ3n) is 5.69. The van der Waals surface area contributed by atoms with Gasteiger partial charge in [0.05, 0.1) is 24.5 Å². The van der Waals surface area contributed by atoms with E-state index >= 15 is 0 Å². The fourth-order valence-electron chi connectivity index (χ4n) is 4.01. The van der Waals surface area contributed by atoms with Gasteiger partial charge in [0.2, 0.25) is 5.91 Å². The van der Waals surface area contributed by atoms with Crippen molar-refractivity contribution in [3.05, 3.63) is 66.1 Å². The van der Waals surface area contributed by atoms with Crippen LogP contribution < -0.4 is 9.64 Å². The van der Waals surface area contributed by atoms with E-state index in [4.69, 9.17) is 4.74 Å². The first-order valence-corrected chi connectivity index (χ1v) is 10.3. The van der Waals surface area contributed by atoms with Crippen LogP contribution in [-0.2, 0) is 11.2 Å². The summed E-state index contributed by atoms with van der Waals surface area (Å²) in [4.78, 5) is 21.0. The number of ether oxygens (including phenoxy) is 1. The Balaban J connectivity index is 1.31. The van der Waals surface area contributed by atoms with Crippen LogP contribution in [0.2, 0.25) is 0 Å². The van der Waals surface area contributed by atoms with Gasteiger partial charge in [-0.2, -0.15) is 0 Å². The normalized spacial score (nSPS) is 14.2. The van der Waals surface area contributed by atoms with Crippen molar-refractivity contribution < 1.29 is 13.9 Å². The Hall–Kier alpha value is -3.15. The minimum Gasteiger partial charge on any atom is -0.495 e. The van der Waals surface area contributed by atoms with Gasteiger partial charge < -0.3 is 14.5 Å². The first-order valence-electron chi connectivity index (χ1n) is 10.3. The number of carbonyl (C=O) groups excluding carboxylic acids is 1. The molecule has 0 saturated carbocycles. The third kappa shape index (κ3) is 4.37. The molecule has 0 atom stereocenters. The van der Waals surface area contributed by atoms with E-state index in [1.165, 1.54) is 11.6 Å². The number of benzene rings is 2. The van der Waals surface area contributed by atoms with E-state index < -0.39 is 0 Å². The van der Waals surface area contributed by atoms with Crippen LogP contribution in [0.15, 0.2) is 54.7 Å². The lowest BCUT2D eigenvalue weighted by molar-refractivity contribution is -0.131. The van der Waals surface area contributed by atoms with Crippen LogP contribution in [-0.4, -0.2) is 49.1 Å². The molecule has 0 aliphatic carbocycles. The molecule has 3 aromatic rings. The summed E-state index contributed by atoms with van der Waals surface area (Å²) < 4.78 is 19.3. The minimum atomic E-state index is -0.210. The number of hydrogen-bond acceptors (Lipinski definition) is 4. The van der Waals surface area contributed by atoms with Crippen LogP contribution in [0.25, 0.3) is 10.9 Å². The van der Waals surface area contributed by atoms with Crippen molar-refractivity contribution >= 4 is 22.5 Å². The zero-order valence-corrected chi connectivity index (χ0v) is 17.2. The number of piperazine rings is 1. The number of aromatic nitrogens is 1. The van der Waals surface area contributed by atoms with Gasteiger partial charge in [-0.1, -0.05) is 24.3 Å². The molecule has 1 aliphatic rings. The summed E-state index contributed by atoms with van der Waals surface area (Å²) in [6.45, 7) is 2.56. The summed E-state index contributed by atoms with van der Waals surface area (Å²) in [7, 11) is 1.63. The monoisotopic (exact) mass is 407 g/mol. The molecule has 1 amide bonds. The predicted molar refractivity (Wildman–Crippen MR) is 116 cm³/mol. The molecule has 0 bridgehead atoms. The van der Waals surface area contributed by atoms with E-state index in [-0.39, 0.29) is 11.7 Å². The highest BCUT2D eigenvalue weighted by molar-refractivity contribution is 5.83. The molecule has 1 saturated heterocycles. The molecular weight excluding hydrogens is 381 g/mol. The molecule has 0 N–H and O–H groups in total. The van der Waals surface area contributed by atoms with Gasteiger partial charge in [0.1, 0.15) is 11.6 Å². The number of pyridine rings is 1. The summed E-state index contributed by atoms with van der Waals surface area (Å²) in [5.41, 5.74) is 2.73. The molecular formula is C24H26FN3O2. The van der Waals surface area contributed by atoms with Crippen molar-refractivity contribution in [3.8, 4) is 5.75 Å². The molecule has 5 nitrogen and oxygen atoms in total. The number of halogens is 1. The fraction of sp³-hybridized carbons (Fsp3) is 0.333. The van der Waals surface area contributed by atoms with Gasteiger partial charge in [-0.05, 0) is 42.7 Å². The number of methoxy groups -OCH3 is 1. The van der Waals surface area contributed by atoms with Crippen LogP contribution in [0.5, 0.6) is 5.75 Å². The summed E-state index contributed by atoms with van der Waals surface area (Å²) >= 11 is 0. The molecule has 1 aliphatic heterocycles. The smallest absolute Gasteiger partial charge is 0.222 e. The van der Waals surface area contributed by atoms with Gasteiger partial charge in [-0.3, -0.25) is 9.78 Å². The van der Waals surface area contributed by atoms with Crippen molar-refractivity contribution in [2.45, 2.75) is 19.3 Å². The Bertz CT molecular complexity index is 1030. The first kappa shape index (κ1) is 20.1. The highest BCUT2D eigenvalue weighted by atomic mass is 19.1. The second kappa shape index (κ2) is 9.11. The number of aryl methyl sites for hydroxylation is 1. The molecule has 1 fully saturated rings. The van der Waals surface area contributed by atoms with Crippen LogP contribution >= 0.6 is 0 Å². The van der Waals surface area contributed by atoms with Crippen molar-refractivity contribution in [2.75, 3.05) is 38.2 Å². The Labute approximate surface area is 176 Å². The van der Waals surface area contributed by atoms with E-state index in [2.05, 4.69) is 11.1 Å². The standard InChI is InChI=1S/C24H26FN3O2/c1-30-19-16-20-18(6-4-9-22(20)26-17-19)7-5-11-24(29)28-14-12-27(13-15-28)23-10-3-2-8-21(23)25/h2-4,6,8-10,16-17H,5,7,11-15H2,1H3. The predicted octanol–water partition coefficient (Wildman–Crippen LogP) is 4.05. The molecule has 2 heterocycles. The van der Waals surface area contributed by atoms with Crippen molar-refractivity contribution in [3.63, 3.8) is 0 Å². The number of anilines is 1. The Morgan fingerprint density at radius 3 is 2.67 bits per heavy atom. The maximum atomic E-state index is 14.0. The van der Waals surface area contributed by atoms with Gasteiger partial charge in [0, 0.05) is 38.0 Å². The quantitative estimate of drug-likeness (QED) is 0.618. The van der Waals surface area contributed by atoms with Gasteiger partial charge in [-0.25, -0.2) is 4.39 Å². The lowest BCUT2D eigenvalue weighted by Crippen LogP contribution is -2.49. The van der Waals surface area contributed by atoms with E-state index in [1.807, 2.05) is 34.1 Å². The molecule has 1 aromatic heterocycles. The Morgan fingerprint density at radius 2 is 1.90 bits per heavy atom. The van der Waals surface area contributed by atoms with E-state index in [1.54, 1.807) is 25.4 Å². The second-order valence-electron chi connectivity index (χ2n) is 7.53. The van der Waals surface area contributed by atoms with Crippen LogP contribution in [0.1, 0.15) is 18.4 Å². The van der Waals surface area contributed by atoms with E-state index in [0.717, 1.165) is 29.5 Å². The number of amides is 1. The van der Waals surface area contributed by atoms with Crippen LogP contribution in [0, 0.1) is 5.82 Å². The molecule has 4 rings (SSSR count). The van der Waals surface area contributed by atoms with Crippen LogP contribution in [0.3, 0.4) is 0 Å². The van der Waals surface area contributed by atoms with Gasteiger partial charge >= 0.3 is 0 Å². The zero-order chi connectivity index (χ0) is 20.9. The van der Waals surface area contributed by atoms with Crippen LogP contribution in [0.4, 0.5) is 10.1 Å². The average Bonchev–Trinajstić information content (AvgIpc) is 2.79. The summed E-state index contributed by atoms with van der Waals surface area (Å²) in [6, 6.07) is 14.9. The summed E-state index contributed by atoms with van der Waals surface area (Å²) in [5.74, 6) is 0.691. The maximum absolute atomic E-state index is 14.0. The summed E-state index contributed by atoms with van der Waals surface area (Å²) in [5, 5.41) is 1.07. The highest BCUT2D eigenvalue weighted by Gasteiger charge is 2.22. The Kier molecular flexibility index (Phi) is 6.12. The lowest BCUT2D eigenvalue weighted by Gasteiger charge is -2.36. The van der Waals surface area contributed by atoms with Gasteiger partial charge in [-0.15, -0.1) is 0 Å².